The van der Waals surface area contributed by atoms with Crippen LogP contribution in [0, 0.1) is 6.92 Å². The second-order valence-electron chi connectivity index (χ2n) is 5.83. The number of hydrogen-bond donors (Lipinski definition) is 2. The van der Waals surface area contributed by atoms with Crippen molar-refractivity contribution in [3.63, 3.8) is 0 Å². The summed E-state index contributed by atoms with van der Waals surface area (Å²) in [5.74, 6) is 0.0365. The van der Waals surface area contributed by atoms with Gasteiger partial charge in [0.05, 0.1) is 12.1 Å². The summed E-state index contributed by atoms with van der Waals surface area (Å²) in [6, 6.07) is 7.64. The number of aliphatic hydroxyl groups is 1. The van der Waals surface area contributed by atoms with Gasteiger partial charge in [-0.3, -0.25) is 4.79 Å². The molecular formula is C16H18ClN3O2. The van der Waals surface area contributed by atoms with E-state index >= 15 is 0 Å². The Morgan fingerprint density at radius 3 is 2.86 bits per heavy atom. The van der Waals surface area contributed by atoms with Gasteiger partial charge in [0.25, 0.3) is 5.91 Å². The summed E-state index contributed by atoms with van der Waals surface area (Å²) in [5.41, 5.74) is 5.59. The molecule has 0 radical (unpaired) electrons. The van der Waals surface area contributed by atoms with E-state index in [9.17, 15) is 9.90 Å². The first-order chi connectivity index (χ1) is 10.4. The molecule has 5 nitrogen and oxygen atoms in total. The number of piperidine rings is 1. The van der Waals surface area contributed by atoms with Gasteiger partial charge in [0.2, 0.25) is 0 Å². The molecule has 1 aliphatic heterocycles. The van der Waals surface area contributed by atoms with Crippen LogP contribution in [0.15, 0.2) is 24.3 Å². The monoisotopic (exact) mass is 319 g/mol. The van der Waals surface area contributed by atoms with Crippen LogP contribution in [0.5, 0.6) is 0 Å². The van der Waals surface area contributed by atoms with Crippen LogP contribution < -0.4 is 10.6 Å². The third kappa shape index (κ3) is 2.51. The molecule has 1 aliphatic rings. The average molecular weight is 320 g/mol. The molecule has 0 saturated carbocycles. The molecule has 2 heterocycles. The van der Waals surface area contributed by atoms with Gasteiger partial charge in [-0.2, -0.15) is 0 Å². The molecule has 0 unspecified atom stereocenters. The molecule has 116 valence electrons. The van der Waals surface area contributed by atoms with Gasteiger partial charge in [-0.25, -0.2) is 4.98 Å². The fraction of sp³-hybridized carbons (Fsp3) is 0.375. The molecule has 3 N–H and O–H groups in total. The summed E-state index contributed by atoms with van der Waals surface area (Å²) in [6.07, 6.45) is 1.07. The quantitative estimate of drug-likeness (QED) is 0.887. The van der Waals surface area contributed by atoms with Crippen LogP contribution in [-0.2, 0) is 4.79 Å². The highest BCUT2D eigenvalue weighted by molar-refractivity contribution is 6.32. The number of carbonyl (C=O) groups is 1. The van der Waals surface area contributed by atoms with Crippen molar-refractivity contribution in [2.75, 3.05) is 18.0 Å². The van der Waals surface area contributed by atoms with E-state index in [1.165, 1.54) is 0 Å². The zero-order valence-corrected chi connectivity index (χ0v) is 13.1. The van der Waals surface area contributed by atoms with Crippen molar-refractivity contribution < 1.29 is 9.90 Å². The lowest BCUT2D eigenvalue weighted by molar-refractivity contribution is -0.137. The van der Waals surface area contributed by atoms with Gasteiger partial charge in [0.15, 0.2) is 5.60 Å². The van der Waals surface area contributed by atoms with E-state index in [0.717, 1.165) is 28.8 Å². The number of aryl methyl sites for hydroxylation is 1. The molecule has 1 atom stereocenters. The SMILES string of the molecule is Cc1c(Cl)ccc2ccc(N3CCC[C@](O)(C(N)=O)C3)nc12. The predicted octanol–water partition coefficient (Wildman–Crippen LogP) is 2.01. The Morgan fingerprint density at radius 1 is 1.41 bits per heavy atom. The summed E-state index contributed by atoms with van der Waals surface area (Å²) < 4.78 is 0. The number of hydrogen-bond acceptors (Lipinski definition) is 4. The van der Waals surface area contributed by atoms with Crippen molar-refractivity contribution in [2.24, 2.45) is 5.73 Å². The van der Waals surface area contributed by atoms with E-state index in [1.807, 2.05) is 36.1 Å². The standard InChI is InChI=1S/C16H18ClN3O2/c1-10-12(17)5-3-11-4-6-13(19-14(10)11)20-8-2-7-16(22,9-20)15(18)21/h3-6,22H,2,7-9H2,1H3,(H2,18,21)/t16-/m1/s1. The van der Waals surface area contributed by atoms with Crippen LogP contribution >= 0.6 is 11.6 Å². The number of primary amides is 1. The second-order valence-corrected chi connectivity index (χ2v) is 6.24. The lowest BCUT2D eigenvalue weighted by Crippen LogP contribution is -2.56. The lowest BCUT2D eigenvalue weighted by Gasteiger charge is -2.37. The maximum absolute atomic E-state index is 11.5. The van der Waals surface area contributed by atoms with E-state index in [-0.39, 0.29) is 6.54 Å². The minimum Gasteiger partial charge on any atom is -0.378 e. The summed E-state index contributed by atoms with van der Waals surface area (Å²) in [4.78, 5) is 18.0. The number of halogens is 1. The van der Waals surface area contributed by atoms with Crippen LogP contribution in [0.1, 0.15) is 18.4 Å². The van der Waals surface area contributed by atoms with Crippen molar-refractivity contribution in [3.8, 4) is 0 Å². The van der Waals surface area contributed by atoms with Crippen molar-refractivity contribution in [3.05, 3.63) is 34.9 Å². The highest BCUT2D eigenvalue weighted by Gasteiger charge is 2.39. The van der Waals surface area contributed by atoms with Gasteiger partial charge in [-0.1, -0.05) is 17.7 Å². The fourth-order valence-electron chi connectivity index (χ4n) is 2.90. The largest absolute Gasteiger partial charge is 0.378 e. The van der Waals surface area contributed by atoms with Gasteiger partial charge in [-0.15, -0.1) is 0 Å². The maximum atomic E-state index is 11.5. The second kappa shape index (κ2) is 5.41. The van der Waals surface area contributed by atoms with Crippen molar-refractivity contribution in [2.45, 2.75) is 25.4 Å². The van der Waals surface area contributed by atoms with Gasteiger partial charge in [0, 0.05) is 17.0 Å². The first-order valence-corrected chi connectivity index (χ1v) is 7.62. The maximum Gasteiger partial charge on any atom is 0.251 e. The number of rotatable bonds is 2. The fourth-order valence-corrected chi connectivity index (χ4v) is 3.06. The van der Waals surface area contributed by atoms with E-state index in [2.05, 4.69) is 4.98 Å². The molecule has 1 aromatic carbocycles. The minimum absolute atomic E-state index is 0.167. The number of carbonyl (C=O) groups excluding carboxylic acids is 1. The first-order valence-electron chi connectivity index (χ1n) is 7.24. The smallest absolute Gasteiger partial charge is 0.251 e. The molecular weight excluding hydrogens is 302 g/mol. The molecule has 1 fully saturated rings. The average Bonchev–Trinajstić information content (AvgIpc) is 2.51. The molecule has 1 aromatic heterocycles. The van der Waals surface area contributed by atoms with Crippen molar-refractivity contribution in [1.82, 2.24) is 4.98 Å². The molecule has 0 aliphatic carbocycles. The highest BCUT2D eigenvalue weighted by atomic mass is 35.5. The Kier molecular flexibility index (Phi) is 3.70. The summed E-state index contributed by atoms with van der Waals surface area (Å²) in [5, 5.41) is 12.0. The molecule has 3 rings (SSSR count). The Morgan fingerprint density at radius 2 is 2.14 bits per heavy atom. The van der Waals surface area contributed by atoms with Crippen LogP contribution in [0.25, 0.3) is 10.9 Å². The molecule has 0 spiro atoms. The van der Waals surface area contributed by atoms with E-state index in [1.54, 1.807) is 0 Å². The zero-order chi connectivity index (χ0) is 15.9. The summed E-state index contributed by atoms with van der Waals surface area (Å²) in [7, 11) is 0. The van der Waals surface area contributed by atoms with Crippen molar-refractivity contribution in [1.29, 1.82) is 0 Å². The van der Waals surface area contributed by atoms with Gasteiger partial charge >= 0.3 is 0 Å². The van der Waals surface area contributed by atoms with E-state index < -0.39 is 11.5 Å². The van der Waals surface area contributed by atoms with Gasteiger partial charge in [0.1, 0.15) is 5.82 Å². The third-order valence-corrected chi connectivity index (χ3v) is 4.70. The van der Waals surface area contributed by atoms with Crippen molar-refractivity contribution >= 4 is 34.2 Å². The van der Waals surface area contributed by atoms with Gasteiger partial charge < -0.3 is 15.7 Å². The number of anilines is 1. The van der Waals surface area contributed by atoms with Crippen LogP contribution in [0.3, 0.4) is 0 Å². The molecule has 6 heteroatoms. The highest BCUT2D eigenvalue weighted by Crippen LogP contribution is 2.29. The summed E-state index contributed by atoms with van der Waals surface area (Å²) in [6.45, 7) is 2.82. The van der Waals surface area contributed by atoms with Crippen LogP contribution in [0.2, 0.25) is 5.02 Å². The van der Waals surface area contributed by atoms with Gasteiger partial charge in [-0.05, 0) is 43.5 Å². The number of nitrogens with two attached hydrogens (primary N) is 1. The first kappa shape index (κ1) is 15.1. The third-order valence-electron chi connectivity index (χ3n) is 4.29. The van der Waals surface area contributed by atoms with E-state index in [0.29, 0.717) is 17.9 Å². The normalized spacial score (nSPS) is 22.0. The zero-order valence-electron chi connectivity index (χ0n) is 12.3. The molecule has 1 amide bonds. The molecule has 22 heavy (non-hydrogen) atoms. The van der Waals surface area contributed by atoms with E-state index in [4.69, 9.17) is 17.3 Å². The Labute approximate surface area is 133 Å². The molecule has 2 aromatic rings. The number of β-amino-alcohol motifs (C(OH)–C–C–N with tert-alkyl or cyclic N) is 1. The van der Waals surface area contributed by atoms with Crippen LogP contribution in [-0.4, -0.2) is 34.7 Å². The molecule has 1 saturated heterocycles. The minimum atomic E-state index is -1.49. The Balaban J connectivity index is 2.00. The Bertz CT molecular complexity index is 749. The topological polar surface area (TPSA) is 79.5 Å². The molecule has 0 bridgehead atoms. The number of nitrogens with zero attached hydrogens (tertiary/aromatic N) is 2. The predicted molar refractivity (Wildman–Crippen MR) is 87.1 cm³/mol. The number of benzene rings is 1. The number of fused-ring (bicyclic) bond motifs is 1. The number of amides is 1. The Hall–Kier alpha value is -1.85. The number of pyridine rings is 1. The van der Waals surface area contributed by atoms with Crippen LogP contribution in [0.4, 0.5) is 5.82 Å². The number of aromatic nitrogens is 1. The summed E-state index contributed by atoms with van der Waals surface area (Å²) >= 11 is 6.16. The lowest BCUT2D eigenvalue weighted by atomic mass is 9.92.